The van der Waals surface area contributed by atoms with Crippen LogP contribution in [0, 0.1) is 5.92 Å². The van der Waals surface area contributed by atoms with Gasteiger partial charge in [0.2, 0.25) is 9.05 Å². The molecular weight excluding hydrogens is 304 g/mol. The van der Waals surface area contributed by atoms with E-state index in [0.29, 0.717) is 11.3 Å². The fraction of sp³-hybridized carbons (Fsp3) is 0.462. The fourth-order valence-corrected chi connectivity index (χ4v) is 3.01. The number of halogens is 1. The lowest BCUT2D eigenvalue weighted by Crippen LogP contribution is -2.17. The van der Waals surface area contributed by atoms with E-state index in [2.05, 4.69) is 0 Å². The normalized spacial score (nSPS) is 12.8. The van der Waals surface area contributed by atoms with Crippen LogP contribution in [-0.4, -0.2) is 33.4 Å². The molecule has 0 aliphatic heterocycles. The highest BCUT2D eigenvalue weighted by Crippen LogP contribution is 2.20. The van der Waals surface area contributed by atoms with Crippen LogP contribution in [0.4, 0.5) is 0 Å². The van der Waals surface area contributed by atoms with Crippen molar-refractivity contribution in [2.75, 3.05) is 19.0 Å². The Morgan fingerprint density at radius 1 is 1.35 bits per heavy atom. The van der Waals surface area contributed by atoms with Gasteiger partial charge in [0.15, 0.2) is 0 Å². The van der Waals surface area contributed by atoms with E-state index in [1.165, 1.54) is 0 Å². The maximum atomic E-state index is 11.7. The number of para-hydroxylation sites is 1. The molecule has 20 heavy (non-hydrogen) atoms. The first-order chi connectivity index (χ1) is 9.33. The highest BCUT2D eigenvalue weighted by molar-refractivity contribution is 8.13. The molecule has 112 valence electrons. The molecule has 5 nitrogen and oxygen atoms in total. The molecule has 0 N–H and O–H groups in total. The smallest absolute Gasteiger partial charge is 0.341 e. The standard InChI is InChI=1S/C13H17ClO5S/c1-3-18-13(15)11-6-4-5-7-12(11)19-8-10(2)9-20(14,16)17/h4-7,10H,3,8-9H2,1-2H3. The number of rotatable bonds is 7. The molecule has 0 aliphatic carbocycles. The number of hydrogen-bond acceptors (Lipinski definition) is 5. The van der Waals surface area contributed by atoms with Crippen molar-refractivity contribution in [2.45, 2.75) is 13.8 Å². The van der Waals surface area contributed by atoms with Crippen molar-refractivity contribution < 1.29 is 22.7 Å². The van der Waals surface area contributed by atoms with Crippen LogP contribution in [0.15, 0.2) is 24.3 Å². The molecule has 1 aromatic rings. The van der Waals surface area contributed by atoms with Gasteiger partial charge in [-0.2, -0.15) is 0 Å². The minimum absolute atomic E-state index is 0.141. The summed E-state index contributed by atoms with van der Waals surface area (Å²) >= 11 is 0. The predicted molar refractivity (Wildman–Crippen MR) is 76.7 cm³/mol. The second-order valence-corrected chi connectivity index (χ2v) is 7.16. The third kappa shape index (κ3) is 5.79. The molecule has 0 saturated carbocycles. The molecule has 0 amide bonds. The highest BCUT2D eigenvalue weighted by atomic mass is 35.7. The SMILES string of the molecule is CCOC(=O)c1ccccc1OCC(C)CS(=O)(=O)Cl. The summed E-state index contributed by atoms with van der Waals surface area (Å²) in [5.41, 5.74) is 0.315. The minimum Gasteiger partial charge on any atom is -0.492 e. The number of ether oxygens (including phenoxy) is 2. The Hall–Kier alpha value is -1.27. The van der Waals surface area contributed by atoms with Gasteiger partial charge in [0, 0.05) is 16.6 Å². The summed E-state index contributed by atoms with van der Waals surface area (Å²) in [4.78, 5) is 11.7. The zero-order valence-corrected chi connectivity index (χ0v) is 12.9. The third-order valence-corrected chi connectivity index (χ3v) is 3.73. The fourth-order valence-electron chi connectivity index (χ4n) is 1.59. The zero-order chi connectivity index (χ0) is 15.2. The van der Waals surface area contributed by atoms with E-state index in [-0.39, 0.29) is 24.9 Å². The van der Waals surface area contributed by atoms with Gasteiger partial charge < -0.3 is 9.47 Å². The summed E-state index contributed by atoms with van der Waals surface area (Å²) in [6.07, 6.45) is 0. The van der Waals surface area contributed by atoms with Gasteiger partial charge >= 0.3 is 5.97 Å². The summed E-state index contributed by atoms with van der Waals surface area (Å²) in [6.45, 7) is 3.83. The lowest BCUT2D eigenvalue weighted by Gasteiger charge is -2.14. The van der Waals surface area contributed by atoms with E-state index in [9.17, 15) is 13.2 Å². The first-order valence-corrected chi connectivity index (χ1v) is 8.62. The van der Waals surface area contributed by atoms with Crippen molar-refractivity contribution in [3.63, 3.8) is 0 Å². The van der Waals surface area contributed by atoms with Crippen molar-refractivity contribution in [3.8, 4) is 5.75 Å². The predicted octanol–water partition coefficient (Wildman–Crippen LogP) is 2.45. The van der Waals surface area contributed by atoms with Crippen molar-refractivity contribution in [3.05, 3.63) is 29.8 Å². The molecule has 0 saturated heterocycles. The quantitative estimate of drug-likeness (QED) is 0.570. The molecule has 0 bridgehead atoms. The summed E-state index contributed by atoms with van der Waals surface area (Å²) in [5.74, 6) is -0.575. The van der Waals surface area contributed by atoms with Crippen LogP contribution in [-0.2, 0) is 13.8 Å². The Labute approximate surface area is 123 Å². The van der Waals surface area contributed by atoms with Crippen LogP contribution in [0.3, 0.4) is 0 Å². The van der Waals surface area contributed by atoms with E-state index in [0.717, 1.165) is 0 Å². The second kappa shape index (κ2) is 7.50. The maximum Gasteiger partial charge on any atom is 0.341 e. The molecule has 0 fully saturated rings. The Morgan fingerprint density at radius 2 is 2.00 bits per heavy atom. The van der Waals surface area contributed by atoms with Gasteiger partial charge in [0.05, 0.1) is 19.0 Å². The molecule has 0 aromatic heterocycles. The van der Waals surface area contributed by atoms with E-state index < -0.39 is 15.0 Å². The third-order valence-electron chi connectivity index (χ3n) is 2.39. The number of carbonyl (C=O) groups is 1. The molecule has 1 rings (SSSR count). The van der Waals surface area contributed by atoms with Gasteiger partial charge in [-0.1, -0.05) is 19.1 Å². The lowest BCUT2D eigenvalue weighted by atomic mass is 10.2. The molecule has 0 heterocycles. The average Bonchev–Trinajstić information content (AvgIpc) is 2.35. The van der Waals surface area contributed by atoms with Crippen LogP contribution in [0.25, 0.3) is 0 Å². The number of carbonyl (C=O) groups excluding carboxylic acids is 1. The van der Waals surface area contributed by atoms with Gasteiger partial charge in [-0.05, 0) is 19.1 Å². The molecule has 0 aliphatic rings. The Balaban J connectivity index is 2.71. The first-order valence-electron chi connectivity index (χ1n) is 6.14. The van der Waals surface area contributed by atoms with Crippen LogP contribution < -0.4 is 4.74 Å². The average molecular weight is 321 g/mol. The van der Waals surface area contributed by atoms with Crippen LogP contribution in [0.2, 0.25) is 0 Å². The Morgan fingerprint density at radius 3 is 2.60 bits per heavy atom. The highest BCUT2D eigenvalue weighted by Gasteiger charge is 2.16. The van der Waals surface area contributed by atoms with Crippen LogP contribution in [0.1, 0.15) is 24.2 Å². The molecule has 7 heteroatoms. The van der Waals surface area contributed by atoms with Gasteiger partial charge in [0.1, 0.15) is 11.3 Å². The van der Waals surface area contributed by atoms with Gasteiger partial charge in [-0.15, -0.1) is 0 Å². The number of hydrogen-bond donors (Lipinski definition) is 0. The molecule has 0 spiro atoms. The molecular formula is C13H17ClO5S. The Bertz CT molecular complexity index is 556. The number of esters is 1. The largest absolute Gasteiger partial charge is 0.492 e. The van der Waals surface area contributed by atoms with Crippen LogP contribution in [0.5, 0.6) is 5.75 Å². The molecule has 1 unspecified atom stereocenters. The monoisotopic (exact) mass is 320 g/mol. The summed E-state index contributed by atoms with van der Waals surface area (Å²) in [5, 5.41) is 0. The summed E-state index contributed by atoms with van der Waals surface area (Å²) in [7, 11) is 1.61. The van der Waals surface area contributed by atoms with E-state index in [4.69, 9.17) is 20.2 Å². The van der Waals surface area contributed by atoms with E-state index >= 15 is 0 Å². The first kappa shape index (κ1) is 16.8. The van der Waals surface area contributed by atoms with Gasteiger partial charge in [0.25, 0.3) is 0 Å². The minimum atomic E-state index is -3.56. The lowest BCUT2D eigenvalue weighted by molar-refractivity contribution is 0.0521. The second-order valence-electron chi connectivity index (χ2n) is 4.34. The molecule has 1 aromatic carbocycles. The topological polar surface area (TPSA) is 69.7 Å². The van der Waals surface area contributed by atoms with Gasteiger partial charge in [-0.3, -0.25) is 0 Å². The molecule has 0 radical (unpaired) electrons. The van der Waals surface area contributed by atoms with Crippen molar-refractivity contribution in [2.24, 2.45) is 5.92 Å². The van der Waals surface area contributed by atoms with Gasteiger partial charge in [-0.25, -0.2) is 13.2 Å². The van der Waals surface area contributed by atoms with E-state index in [1.807, 2.05) is 0 Å². The summed E-state index contributed by atoms with van der Waals surface area (Å²) in [6, 6.07) is 6.65. The summed E-state index contributed by atoms with van der Waals surface area (Å²) < 4.78 is 32.3. The molecule has 1 atom stereocenters. The zero-order valence-electron chi connectivity index (χ0n) is 11.3. The van der Waals surface area contributed by atoms with Crippen molar-refractivity contribution in [1.82, 2.24) is 0 Å². The van der Waals surface area contributed by atoms with Crippen LogP contribution >= 0.6 is 10.7 Å². The van der Waals surface area contributed by atoms with Crippen molar-refractivity contribution >= 4 is 25.7 Å². The van der Waals surface area contributed by atoms with E-state index in [1.54, 1.807) is 38.1 Å². The van der Waals surface area contributed by atoms with Crippen molar-refractivity contribution in [1.29, 1.82) is 0 Å². The number of benzene rings is 1. The Kier molecular flexibility index (Phi) is 6.29. The maximum absolute atomic E-state index is 11.7.